The number of piperazine rings is 1. The summed E-state index contributed by atoms with van der Waals surface area (Å²) in [6, 6.07) is 3.35. The number of nitrogens with zero attached hydrogens (tertiary/aromatic N) is 3. The topological polar surface area (TPSA) is 70.2 Å². The second kappa shape index (κ2) is 8.18. The summed E-state index contributed by atoms with van der Waals surface area (Å²) in [5.74, 6) is -0.669. The summed E-state index contributed by atoms with van der Waals surface area (Å²) < 4.78 is 45.2. The fourth-order valence-corrected chi connectivity index (χ4v) is 4.71. The monoisotopic (exact) mass is 405 g/mol. The Balaban J connectivity index is 1.58. The van der Waals surface area contributed by atoms with Gasteiger partial charge in [0.05, 0.1) is 29.7 Å². The van der Waals surface area contributed by atoms with Crippen molar-refractivity contribution in [2.24, 2.45) is 0 Å². The number of morpholine rings is 1. The van der Waals surface area contributed by atoms with Gasteiger partial charge in [0, 0.05) is 39.3 Å². The third-order valence-corrected chi connectivity index (χ3v) is 6.77. The van der Waals surface area contributed by atoms with E-state index in [1.807, 2.05) is 4.90 Å². The standard InChI is InChI=1S/C16H21ClFN3O4S/c17-14-11-13(1-2-15(14)18)26(23,24)21-5-3-20(4-6-21)16(22)12-19-7-9-25-10-8-19/h1-2,11H,3-10,12H2. The predicted octanol–water partition coefficient (Wildman–Crippen LogP) is 0.644. The number of amides is 1. The van der Waals surface area contributed by atoms with E-state index in [4.69, 9.17) is 16.3 Å². The van der Waals surface area contributed by atoms with Gasteiger partial charge in [-0.2, -0.15) is 4.31 Å². The average molecular weight is 406 g/mol. The Hall–Kier alpha value is -1.26. The molecule has 0 spiro atoms. The summed E-state index contributed by atoms with van der Waals surface area (Å²) in [4.78, 5) is 16.1. The number of carbonyl (C=O) groups excluding carboxylic acids is 1. The molecule has 0 N–H and O–H groups in total. The lowest BCUT2D eigenvalue weighted by molar-refractivity contribution is -0.134. The van der Waals surface area contributed by atoms with Gasteiger partial charge in [-0.25, -0.2) is 12.8 Å². The number of halogens is 2. The number of sulfonamides is 1. The molecule has 2 heterocycles. The first-order valence-electron chi connectivity index (χ1n) is 8.41. The molecule has 1 aromatic carbocycles. The molecular weight excluding hydrogens is 385 g/mol. The van der Waals surface area contributed by atoms with Crippen LogP contribution in [0.5, 0.6) is 0 Å². The fourth-order valence-electron chi connectivity index (χ4n) is 3.01. The van der Waals surface area contributed by atoms with Crippen LogP contribution in [0, 0.1) is 5.82 Å². The summed E-state index contributed by atoms with van der Waals surface area (Å²) in [6.45, 7) is 4.09. The number of benzene rings is 1. The lowest BCUT2D eigenvalue weighted by Gasteiger charge is -2.35. The van der Waals surface area contributed by atoms with Crippen LogP contribution in [0.15, 0.2) is 23.1 Å². The van der Waals surface area contributed by atoms with Crippen molar-refractivity contribution in [2.75, 3.05) is 59.0 Å². The average Bonchev–Trinajstić information content (AvgIpc) is 2.65. The van der Waals surface area contributed by atoms with Crippen LogP contribution in [-0.4, -0.2) is 87.5 Å². The molecule has 2 saturated heterocycles. The van der Waals surface area contributed by atoms with Crippen molar-refractivity contribution in [1.82, 2.24) is 14.1 Å². The predicted molar refractivity (Wildman–Crippen MR) is 94.0 cm³/mol. The SMILES string of the molecule is O=C(CN1CCOCC1)N1CCN(S(=O)(=O)c2ccc(F)c(Cl)c2)CC1. The van der Waals surface area contributed by atoms with Crippen LogP contribution in [0.3, 0.4) is 0 Å². The first kappa shape index (κ1) is 19.5. The molecule has 7 nitrogen and oxygen atoms in total. The van der Waals surface area contributed by atoms with Gasteiger partial charge in [-0.15, -0.1) is 0 Å². The van der Waals surface area contributed by atoms with E-state index in [9.17, 15) is 17.6 Å². The normalized spacial score (nSPS) is 20.3. The van der Waals surface area contributed by atoms with Crippen molar-refractivity contribution >= 4 is 27.5 Å². The minimum absolute atomic E-state index is 0.00576. The van der Waals surface area contributed by atoms with Gasteiger partial charge in [-0.05, 0) is 18.2 Å². The molecule has 0 saturated carbocycles. The first-order valence-corrected chi connectivity index (χ1v) is 10.2. The lowest BCUT2D eigenvalue weighted by atomic mass is 10.3. The Morgan fingerprint density at radius 1 is 1.12 bits per heavy atom. The molecule has 2 fully saturated rings. The highest BCUT2D eigenvalue weighted by Crippen LogP contribution is 2.23. The molecule has 144 valence electrons. The van der Waals surface area contributed by atoms with Crippen LogP contribution in [0.1, 0.15) is 0 Å². The molecule has 0 unspecified atom stereocenters. The second-order valence-electron chi connectivity index (χ2n) is 6.25. The summed E-state index contributed by atoms with van der Waals surface area (Å²) in [5, 5.41) is -0.231. The molecule has 0 bridgehead atoms. The van der Waals surface area contributed by atoms with Crippen LogP contribution >= 0.6 is 11.6 Å². The summed E-state index contributed by atoms with van der Waals surface area (Å²) in [6.07, 6.45) is 0. The Morgan fingerprint density at radius 3 is 2.38 bits per heavy atom. The van der Waals surface area contributed by atoms with Crippen LogP contribution in [-0.2, 0) is 19.6 Å². The van der Waals surface area contributed by atoms with Gasteiger partial charge in [-0.3, -0.25) is 9.69 Å². The summed E-state index contributed by atoms with van der Waals surface area (Å²) >= 11 is 5.69. The largest absolute Gasteiger partial charge is 0.379 e. The minimum atomic E-state index is -3.76. The van der Waals surface area contributed by atoms with Gasteiger partial charge in [0.2, 0.25) is 15.9 Å². The van der Waals surface area contributed by atoms with Gasteiger partial charge in [0.1, 0.15) is 5.82 Å². The smallest absolute Gasteiger partial charge is 0.243 e. The third-order valence-electron chi connectivity index (χ3n) is 4.58. The van der Waals surface area contributed by atoms with Gasteiger partial charge < -0.3 is 9.64 Å². The van der Waals surface area contributed by atoms with E-state index in [0.29, 0.717) is 32.8 Å². The third kappa shape index (κ3) is 4.34. The highest BCUT2D eigenvalue weighted by atomic mass is 35.5. The van der Waals surface area contributed by atoms with E-state index in [-0.39, 0.29) is 28.9 Å². The van der Waals surface area contributed by atoms with E-state index in [2.05, 4.69) is 0 Å². The quantitative estimate of drug-likeness (QED) is 0.735. The van der Waals surface area contributed by atoms with Crippen molar-refractivity contribution in [1.29, 1.82) is 0 Å². The zero-order valence-corrected chi connectivity index (χ0v) is 15.8. The van der Waals surface area contributed by atoms with E-state index < -0.39 is 15.8 Å². The molecule has 0 atom stereocenters. The first-order chi connectivity index (χ1) is 12.4. The van der Waals surface area contributed by atoms with Crippen molar-refractivity contribution in [3.63, 3.8) is 0 Å². The molecule has 0 aromatic heterocycles. The van der Waals surface area contributed by atoms with Gasteiger partial charge in [0.25, 0.3) is 0 Å². The van der Waals surface area contributed by atoms with Crippen molar-refractivity contribution < 1.29 is 22.3 Å². The molecule has 2 aliphatic rings. The van der Waals surface area contributed by atoms with E-state index in [1.54, 1.807) is 4.90 Å². The molecule has 0 aliphatic carbocycles. The van der Waals surface area contributed by atoms with Gasteiger partial charge in [-0.1, -0.05) is 11.6 Å². The lowest BCUT2D eigenvalue weighted by Crippen LogP contribution is -2.53. The molecule has 3 rings (SSSR count). The Labute approximate surface area is 157 Å². The zero-order chi connectivity index (χ0) is 18.7. The molecule has 1 amide bonds. The van der Waals surface area contributed by atoms with Crippen LogP contribution in [0.4, 0.5) is 4.39 Å². The number of hydrogen-bond donors (Lipinski definition) is 0. The van der Waals surface area contributed by atoms with Crippen molar-refractivity contribution in [3.05, 3.63) is 29.0 Å². The van der Waals surface area contributed by atoms with Crippen LogP contribution < -0.4 is 0 Å². The highest BCUT2D eigenvalue weighted by Gasteiger charge is 2.31. The summed E-state index contributed by atoms with van der Waals surface area (Å²) in [5.41, 5.74) is 0. The van der Waals surface area contributed by atoms with Crippen molar-refractivity contribution in [2.45, 2.75) is 4.90 Å². The van der Waals surface area contributed by atoms with Crippen LogP contribution in [0.2, 0.25) is 5.02 Å². The zero-order valence-electron chi connectivity index (χ0n) is 14.2. The van der Waals surface area contributed by atoms with Gasteiger partial charge in [0.15, 0.2) is 0 Å². The molecular formula is C16H21ClFN3O4S. The van der Waals surface area contributed by atoms with E-state index >= 15 is 0 Å². The number of ether oxygens (including phenoxy) is 1. The summed E-state index contributed by atoms with van der Waals surface area (Å²) in [7, 11) is -3.76. The second-order valence-corrected chi connectivity index (χ2v) is 8.59. The molecule has 1 aromatic rings. The van der Waals surface area contributed by atoms with E-state index in [0.717, 1.165) is 25.2 Å². The molecule has 10 heteroatoms. The molecule has 2 aliphatic heterocycles. The minimum Gasteiger partial charge on any atom is -0.379 e. The van der Waals surface area contributed by atoms with Crippen molar-refractivity contribution in [3.8, 4) is 0 Å². The maximum absolute atomic E-state index is 13.3. The number of rotatable bonds is 4. The Bertz CT molecular complexity index is 763. The fraction of sp³-hybridized carbons (Fsp3) is 0.562. The number of hydrogen-bond acceptors (Lipinski definition) is 5. The maximum atomic E-state index is 13.3. The van der Waals surface area contributed by atoms with E-state index in [1.165, 1.54) is 10.4 Å². The molecule has 0 radical (unpaired) electrons. The maximum Gasteiger partial charge on any atom is 0.243 e. The number of carbonyl (C=O) groups is 1. The Kier molecular flexibility index (Phi) is 6.13. The highest BCUT2D eigenvalue weighted by molar-refractivity contribution is 7.89. The van der Waals surface area contributed by atoms with Gasteiger partial charge >= 0.3 is 0 Å². The molecule has 26 heavy (non-hydrogen) atoms. The Morgan fingerprint density at radius 2 is 1.77 bits per heavy atom. The van der Waals surface area contributed by atoms with Crippen LogP contribution in [0.25, 0.3) is 0 Å².